The maximum Gasteiger partial charge on any atom is 0.239 e. The van der Waals surface area contributed by atoms with Gasteiger partial charge in [-0.05, 0) is 52.0 Å². The van der Waals surface area contributed by atoms with Crippen molar-refractivity contribution in [3.05, 3.63) is 54.1 Å². The summed E-state index contributed by atoms with van der Waals surface area (Å²) in [6.07, 6.45) is 0. The number of hydrogen-bond donors (Lipinski definition) is 2. The third-order valence-corrected chi connectivity index (χ3v) is 3.88. The van der Waals surface area contributed by atoms with Crippen molar-refractivity contribution in [1.82, 2.24) is 0 Å². The Morgan fingerprint density at radius 1 is 0.960 bits per heavy atom. The van der Waals surface area contributed by atoms with Crippen LogP contribution in [0.2, 0.25) is 0 Å². The van der Waals surface area contributed by atoms with Crippen LogP contribution in [0.4, 0.5) is 11.4 Å². The molecule has 2 aromatic carbocycles. The van der Waals surface area contributed by atoms with Crippen LogP contribution >= 0.6 is 0 Å². The number of nitrogens with one attached hydrogen (secondary N) is 2. The highest BCUT2D eigenvalue weighted by molar-refractivity contribution is 6.14. The average molecular weight is 340 g/mol. The molecule has 2 N–H and O–H groups in total. The molecule has 0 aliphatic heterocycles. The standard InChI is InChI=1S/C20H24N2O3/c1-5-25-17-9-7-6-8-16(17)22-19(24)20(3,4)18(23)21-15-12-10-14(2)11-13-15/h6-13H,5H2,1-4H3,(H,21,23)(H,22,24). The second-order valence-corrected chi connectivity index (χ2v) is 6.33. The van der Waals surface area contributed by atoms with Gasteiger partial charge in [-0.1, -0.05) is 29.8 Å². The van der Waals surface area contributed by atoms with Crippen LogP contribution in [0.1, 0.15) is 26.3 Å². The summed E-state index contributed by atoms with van der Waals surface area (Å²) < 4.78 is 5.50. The minimum absolute atomic E-state index is 0.372. The second-order valence-electron chi connectivity index (χ2n) is 6.33. The zero-order chi connectivity index (χ0) is 18.4. The Labute approximate surface area is 148 Å². The first kappa shape index (κ1) is 18.5. The van der Waals surface area contributed by atoms with Crippen molar-refractivity contribution in [2.75, 3.05) is 17.2 Å². The number of amides is 2. The van der Waals surface area contributed by atoms with Crippen molar-refractivity contribution in [1.29, 1.82) is 0 Å². The van der Waals surface area contributed by atoms with E-state index in [0.29, 0.717) is 23.7 Å². The molecule has 25 heavy (non-hydrogen) atoms. The van der Waals surface area contributed by atoms with E-state index in [2.05, 4.69) is 10.6 Å². The van der Waals surface area contributed by atoms with Gasteiger partial charge in [0.1, 0.15) is 11.2 Å². The van der Waals surface area contributed by atoms with Crippen molar-refractivity contribution >= 4 is 23.2 Å². The molecule has 0 bridgehead atoms. The maximum absolute atomic E-state index is 12.6. The van der Waals surface area contributed by atoms with E-state index in [1.54, 1.807) is 32.0 Å². The number of carbonyl (C=O) groups is 2. The monoisotopic (exact) mass is 340 g/mol. The molecule has 0 aliphatic rings. The van der Waals surface area contributed by atoms with Crippen LogP contribution < -0.4 is 15.4 Å². The van der Waals surface area contributed by atoms with Crippen LogP contribution in [0, 0.1) is 12.3 Å². The predicted octanol–water partition coefficient (Wildman–Crippen LogP) is 4.00. The highest BCUT2D eigenvalue weighted by Crippen LogP contribution is 2.27. The Morgan fingerprint density at radius 3 is 2.20 bits per heavy atom. The molecule has 132 valence electrons. The van der Waals surface area contributed by atoms with E-state index in [1.165, 1.54) is 0 Å². The highest BCUT2D eigenvalue weighted by atomic mass is 16.5. The Morgan fingerprint density at radius 2 is 1.56 bits per heavy atom. The predicted molar refractivity (Wildman–Crippen MR) is 99.8 cm³/mol. The van der Waals surface area contributed by atoms with Crippen LogP contribution in [0.5, 0.6) is 5.75 Å². The van der Waals surface area contributed by atoms with Crippen LogP contribution in [-0.4, -0.2) is 18.4 Å². The van der Waals surface area contributed by atoms with E-state index >= 15 is 0 Å². The van der Waals surface area contributed by atoms with Crippen molar-refractivity contribution < 1.29 is 14.3 Å². The number of para-hydroxylation sites is 2. The molecule has 0 spiro atoms. The summed E-state index contributed by atoms with van der Waals surface area (Å²) in [5.74, 6) is -0.194. The molecular weight excluding hydrogens is 316 g/mol. The fraction of sp³-hybridized carbons (Fsp3) is 0.300. The molecule has 0 fully saturated rings. The van der Waals surface area contributed by atoms with Crippen LogP contribution in [0.15, 0.2) is 48.5 Å². The molecule has 0 saturated carbocycles. The van der Waals surface area contributed by atoms with Crippen molar-refractivity contribution in [2.45, 2.75) is 27.7 Å². The minimum atomic E-state index is -1.25. The van der Waals surface area contributed by atoms with E-state index in [-0.39, 0.29) is 5.91 Å². The van der Waals surface area contributed by atoms with Gasteiger partial charge >= 0.3 is 0 Å². The lowest BCUT2D eigenvalue weighted by molar-refractivity contribution is -0.135. The van der Waals surface area contributed by atoms with Crippen molar-refractivity contribution in [2.24, 2.45) is 5.41 Å². The van der Waals surface area contributed by atoms with Gasteiger partial charge in [0.05, 0.1) is 12.3 Å². The summed E-state index contributed by atoms with van der Waals surface area (Å²) in [7, 11) is 0. The molecule has 0 heterocycles. The zero-order valence-electron chi connectivity index (χ0n) is 15.1. The lowest BCUT2D eigenvalue weighted by Gasteiger charge is -2.23. The lowest BCUT2D eigenvalue weighted by atomic mass is 9.90. The fourth-order valence-corrected chi connectivity index (χ4v) is 2.16. The minimum Gasteiger partial charge on any atom is -0.492 e. The first-order valence-corrected chi connectivity index (χ1v) is 8.26. The average Bonchev–Trinajstić information content (AvgIpc) is 2.58. The molecule has 5 heteroatoms. The Hall–Kier alpha value is -2.82. The second kappa shape index (κ2) is 7.83. The van der Waals surface area contributed by atoms with Gasteiger partial charge in [0.25, 0.3) is 0 Å². The maximum atomic E-state index is 12.6. The first-order chi connectivity index (χ1) is 11.8. The first-order valence-electron chi connectivity index (χ1n) is 8.26. The Balaban J connectivity index is 2.11. The van der Waals surface area contributed by atoms with E-state index in [1.807, 2.05) is 44.2 Å². The molecule has 5 nitrogen and oxygen atoms in total. The third kappa shape index (κ3) is 4.59. The van der Waals surface area contributed by atoms with Crippen molar-refractivity contribution in [3.63, 3.8) is 0 Å². The normalized spacial score (nSPS) is 10.9. The van der Waals surface area contributed by atoms with Gasteiger partial charge in [0, 0.05) is 5.69 Å². The van der Waals surface area contributed by atoms with E-state index in [0.717, 1.165) is 5.56 Å². The molecule has 2 rings (SSSR count). The van der Waals surface area contributed by atoms with Gasteiger partial charge in [-0.3, -0.25) is 9.59 Å². The fourth-order valence-electron chi connectivity index (χ4n) is 2.16. The molecular formula is C20H24N2O3. The van der Waals surface area contributed by atoms with Crippen LogP contribution in [-0.2, 0) is 9.59 Å². The van der Waals surface area contributed by atoms with Gasteiger partial charge in [0.15, 0.2) is 0 Å². The van der Waals surface area contributed by atoms with Crippen LogP contribution in [0.3, 0.4) is 0 Å². The summed E-state index contributed by atoms with van der Waals surface area (Å²) in [4.78, 5) is 25.2. The van der Waals surface area contributed by atoms with Gasteiger partial charge in [0.2, 0.25) is 11.8 Å². The number of carbonyl (C=O) groups excluding carboxylic acids is 2. The smallest absolute Gasteiger partial charge is 0.239 e. The number of benzene rings is 2. The molecule has 0 saturated heterocycles. The van der Waals surface area contributed by atoms with E-state index in [9.17, 15) is 9.59 Å². The van der Waals surface area contributed by atoms with Crippen molar-refractivity contribution in [3.8, 4) is 5.75 Å². The molecule has 2 aromatic rings. The lowest BCUT2D eigenvalue weighted by Crippen LogP contribution is -2.41. The van der Waals surface area contributed by atoms with Gasteiger partial charge < -0.3 is 15.4 Å². The molecule has 0 unspecified atom stereocenters. The largest absolute Gasteiger partial charge is 0.492 e. The summed E-state index contributed by atoms with van der Waals surface area (Å²) in [5.41, 5.74) is 1.06. The van der Waals surface area contributed by atoms with Gasteiger partial charge in [-0.2, -0.15) is 0 Å². The third-order valence-electron chi connectivity index (χ3n) is 3.88. The topological polar surface area (TPSA) is 67.4 Å². The zero-order valence-corrected chi connectivity index (χ0v) is 15.1. The van der Waals surface area contributed by atoms with E-state index < -0.39 is 11.3 Å². The summed E-state index contributed by atoms with van der Waals surface area (Å²) >= 11 is 0. The molecule has 2 amide bonds. The molecule has 0 atom stereocenters. The van der Waals surface area contributed by atoms with Gasteiger partial charge in [-0.15, -0.1) is 0 Å². The summed E-state index contributed by atoms with van der Waals surface area (Å²) in [5, 5.41) is 5.57. The number of hydrogen-bond acceptors (Lipinski definition) is 3. The highest BCUT2D eigenvalue weighted by Gasteiger charge is 2.36. The number of aryl methyl sites for hydroxylation is 1. The number of ether oxygens (including phenoxy) is 1. The Kier molecular flexibility index (Phi) is 5.80. The van der Waals surface area contributed by atoms with E-state index in [4.69, 9.17) is 4.74 Å². The molecule has 0 radical (unpaired) electrons. The quantitative estimate of drug-likeness (QED) is 0.781. The number of anilines is 2. The summed E-state index contributed by atoms with van der Waals surface area (Å²) in [6.45, 7) is 7.52. The SMILES string of the molecule is CCOc1ccccc1NC(=O)C(C)(C)C(=O)Nc1ccc(C)cc1. The molecule has 0 aliphatic carbocycles. The summed E-state index contributed by atoms with van der Waals surface area (Å²) in [6, 6.07) is 14.6. The Bertz CT molecular complexity index is 752. The number of rotatable bonds is 6. The molecule has 0 aromatic heterocycles. The van der Waals surface area contributed by atoms with Crippen LogP contribution in [0.25, 0.3) is 0 Å². The van der Waals surface area contributed by atoms with Gasteiger partial charge in [-0.25, -0.2) is 0 Å².